The Morgan fingerprint density at radius 1 is 1.00 bits per heavy atom. The minimum atomic E-state index is -0.641. The van der Waals surface area contributed by atoms with E-state index in [-0.39, 0.29) is 6.61 Å². The van der Waals surface area contributed by atoms with Crippen molar-refractivity contribution in [2.24, 2.45) is 0 Å². The van der Waals surface area contributed by atoms with Gasteiger partial charge in [0.1, 0.15) is 18.1 Å². The molecule has 0 spiro atoms. The number of aliphatic hydroxyl groups is 1. The van der Waals surface area contributed by atoms with Crippen LogP contribution in [0, 0.1) is 0 Å². The second kappa shape index (κ2) is 9.66. The minimum absolute atomic E-state index is 0.258. The summed E-state index contributed by atoms with van der Waals surface area (Å²) in [6, 6.07) is 17.2. The Labute approximate surface area is 136 Å². The van der Waals surface area contributed by atoms with Gasteiger partial charge in [0.25, 0.3) is 0 Å². The number of hydrogen-bond acceptors (Lipinski definition) is 4. The third-order valence-electron chi connectivity index (χ3n) is 3.16. The summed E-state index contributed by atoms with van der Waals surface area (Å²) in [6.45, 7) is 1.14. The normalized spacial score (nSPS) is 12.3. The summed E-state index contributed by atoms with van der Waals surface area (Å²) < 4.78 is 16.1. The molecule has 0 aliphatic rings. The molecule has 0 aliphatic heterocycles. The second-order valence-corrected chi connectivity index (χ2v) is 4.98. The van der Waals surface area contributed by atoms with Crippen LogP contribution in [-0.2, 0) is 11.3 Å². The Balaban J connectivity index is 1.62. The molecule has 2 aromatic carbocycles. The van der Waals surface area contributed by atoms with Crippen LogP contribution in [0.1, 0.15) is 5.56 Å². The fourth-order valence-corrected chi connectivity index (χ4v) is 1.96. The van der Waals surface area contributed by atoms with Gasteiger partial charge in [-0.1, -0.05) is 36.4 Å². The van der Waals surface area contributed by atoms with E-state index in [1.54, 1.807) is 19.3 Å². The van der Waals surface area contributed by atoms with Crippen LogP contribution in [0.3, 0.4) is 0 Å². The van der Waals surface area contributed by atoms with E-state index in [1.807, 2.05) is 54.6 Å². The molecule has 2 aromatic rings. The summed E-state index contributed by atoms with van der Waals surface area (Å²) >= 11 is 0. The van der Waals surface area contributed by atoms with Gasteiger partial charge in [0.15, 0.2) is 0 Å². The molecule has 0 unspecified atom stereocenters. The van der Waals surface area contributed by atoms with Gasteiger partial charge in [-0.15, -0.1) is 0 Å². The highest BCUT2D eigenvalue weighted by molar-refractivity contribution is 5.31. The number of aliphatic hydroxyl groups excluding tert-OH is 1. The van der Waals surface area contributed by atoms with Gasteiger partial charge in [0.2, 0.25) is 0 Å². The summed E-state index contributed by atoms with van der Waals surface area (Å²) in [5.41, 5.74) is 1.09. The molecule has 4 nitrogen and oxygen atoms in total. The van der Waals surface area contributed by atoms with E-state index in [0.29, 0.717) is 13.2 Å². The third kappa shape index (κ3) is 6.55. The van der Waals surface area contributed by atoms with E-state index in [0.717, 1.165) is 17.1 Å². The largest absolute Gasteiger partial charge is 0.497 e. The molecule has 0 fully saturated rings. The van der Waals surface area contributed by atoms with E-state index in [1.165, 1.54) is 0 Å². The standard InChI is InChI=1S/C19H22O4/c1-21-18-9-11-19(12-10-18)23-13-5-8-17(20)15-22-14-16-6-3-2-4-7-16/h2-12,17,20H,13-15H2,1H3/b8-5+/t17-/m1/s1. The van der Waals surface area contributed by atoms with Gasteiger partial charge < -0.3 is 19.3 Å². The van der Waals surface area contributed by atoms with Crippen molar-refractivity contribution < 1.29 is 19.3 Å². The Hall–Kier alpha value is -2.30. The summed E-state index contributed by atoms with van der Waals surface area (Å²) in [7, 11) is 1.62. The van der Waals surface area contributed by atoms with Crippen molar-refractivity contribution in [3.05, 3.63) is 72.3 Å². The van der Waals surface area contributed by atoms with Crippen LogP contribution in [0.25, 0.3) is 0 Å². The quantitative estimate of drug-likeness (QED) is 0.722. The van der Waals surface area contributed by atoms with Gasteiger partial charge in [-0.25, -0.2) is 0 Å². The Morgan fingerprint density at radius 3 is 2.39 bits per heavy atom. The molecule has 1 N–H and O–H groups in total. The van der Waals surface area contributed by atoms with Gasteiger partial charge in [0.05, 0.1) is 26.4 Å². The zero-order valence-corrected chi connectivity index (χ0v) is 13.2. The fraction of sp³-hybridized carbons (Fsp3) is 0.263. The predicted molar refractivity (Wildman–Crippen MR) is 89.7 cm³/mol. The highest BCUT2D eigenvalue weighted by Gasteiger charge is 2.00. The van der Waals surface area contributed by atoms with Crippen molar-refractivity contribution in [1.82, 2.24) is 0 Å². The molecule has 0 bridgehead atoms. The molecule has 0 aliphatic carbocycles. The molecule has 0 amide bonds. The predicted octanol–water partition coefficient (Wildman–Crippen LogP) is 3.21. The van der Waals surface area contributed by atoms with Crippen LogP contribution in [0.2, 0.25) is 0 Å². The lowest BCUT2D eigenvalue weighted by Crippen LogP contribution is -2.12. The number of methoxy groups -OCH3 is 1. The number of hydrogen-bond donors (Lipinski definition) is 1. The van der Waals surface area contributed by atoms with Crippen LogP contribution in [0.4, 0.5) is 0 Å². The Morgan fingerprint density at radius 2 is 1.70 bits per heavy atom. The maximum Gasteiger partial charge on any atom is 0.120 e. The number of ether oxygens (including phenoxy) is 3. The lowest BCUT2D eigenvalue weighted by molar-refractivity contribution is 0.0501. The van der Waals surface area contributed by atoms with Crippen molar-refractivity contribution >= 4 is 0 Å². The van der Waals surface area contributed by atoms with Crippen LogP contribution in [0.15, 0.2) is 66.7 Å². The van der Waals surface area contributed by atoms with E-state index in [2.05, 4.69) is 0 Å². The van der Waals surface area contributed by atoms with Gasteiger partial charge in [-0.3, -0.25) is 0 Å². The molecule has 23 heavy (non-hydrogen) atoms. The summed E-state index contributed by atoms with van der Waals surface area (Å²) in [5, 5.41) is 9.81. The second-order valence-electron chi connectivity index (χ2n) is 4.98. The fourth-order valence-electron chi connectivity index (χ4n) is 1.96. The first-order valence-electron chi connectivity index (χ1n) is 7.51. The van der Waals surface area contributed by atoms with Crippen molar-refractivity contribution in [2.45, 2.75) is 12.7 Å². The minimum Gasteiger partial charge on any atom is -0.497 e. The smallest absolute Gasteiger partial charge is 0.120 e. The maximum absolute atomic E-state index is 9.81. The van der Waals surface area contributed by atoms with Gasteiger partial charge >= 0.3 is 0 Å². The maximum atomic E-state index is 9.81. The molecule has 2 rings (SSSR count). The molecule has 0 saturated heterocycles. The highest BCUT2D eigenvalue weighted by atomic mass is 16.5. The van der Waals surface area contributed by atoms with Gasteiger partial charge in [-0.2, -0.15) is 0 Å². The average molecular weight is 314 g/mol. The molecule has 122 valence electrons. The Bertz CT molecular complexity index is 578. The summed E-state index contributed by atoms with van der Waals surface area (Å²) in [4.78, 5) is 0. The molecule has 0 radical (unpaired) electrons. The lowest BCUT2D eigenvalue weighted by Gasteiger charge is -2.08. The summed E-state index contributed by atoms with van der Waals surface area (Å²) in [5.74, 6) is 1.55. The van der Waals surface area contributed by atoms with Crippen LogP contribution in [0.5, 0.6) is 11.5 Å². The van der Waals surface area contributed by atoms with E-state index in [4.69, 9.17) is 14.2 Å². The molecular weight excluding hydrogens is 292 g/mol. The SMILES string of the molecule is COc1ccc(OC/C=C/[C@@H](O)COCc2ccccc2)cc1. The summed E-state index contributed by atoms with van der Waals surface area (Å²) in [6.07, 6.45) is 2.81. The zero-order chi connectivity index (χ0) is 16.3. The first kappa shape index (κ1) is 17.1. The van der Waals surface area contributed by atoms with Crippen LogP contribution < -0.4 is 9.47 Å². The first-order valence-corrected chi connectivity index (χ1v) is 7.51. The highest BCUT2D eigenvalue weighted by Crippen LogP contribution is 2.16. The van der Waals surface area contributed by atoms with Crippen LogP contribution >= 0.6 is 0 Å². The zero-order valence-electron chi connectivity index (χ0n) is 13.2. The van der Waals surface area contributed by atoms with Gasteiger partial charge in [-0.05, 0) is 35.9 Å². The topological polar surface area (TPSA) is 47.9 Å². The van der Waals surface area contributed by atoms with Crippen molar-refractivity contribution in [2.75, 3.05) is 20.3 Å². The first-order chi connectivity index (χ1) is 11.3. The van der Waals surface area contributed by atoms with Crippen molar-refractivity contribution in [3.63, 3.8) is 0 Å². The number of rotatable bonds is 9. The number of benzene rings is 2. The van der Waals surface area contributed by atoms with Crippen molar-refractivity contribution in [1.29, 1.82) is 0 Å². The molecule has 4 heteroatoms. The van der Waals surface area contributed by atoms with Crippen molar-refractivity contribution in [3.8, 4) is 11.5 Å². The molecule has 0 saturated carbocycles. The van der Waals surface area contributed by atoms with E-state index >= 15 is 0 Å². The van der Waals surface area contributed by atoms with E-state index < -0.39 is 6.10 Å². The lowest BCUT2D eigenvalue weighted by atomic mass is 10.2. The van der Waals surface area contributed by atoms with Crippen LogP contribution in [-0.4, -0.2) is 31.5 Å². The molecule has 1 atom stereocenters. The molecular formula is C19H22O4. The average Bonchev–Trinajstić information content (AvgIpc) is 2.60. The van der Waals surface area contributed by atoms with E-state index in [9.17, 15) is 5.11 Å². The molecule has 0 aromatic heterocycles. The monoisotopic (exact) mass is 314 g/mol. The molecule has 0 heterocycles. The third-order valence-corrected chi connectivity index (χ3v) is 3.16. The Kier molecular flexibility index (Phi) is 7.17. The van der Waals surface area contributed by atoms with Gasteiger partial charge in [0, 0.05) is 0 Å².